The summed E-state index contributed by atoms with van der Waals surface area (Å²) in [5.41, 5.74) is 3.23. The summed E-state index contributed by atoms with van der Waals surface area (Å²) >= 11 is 0. The van der Waals surface area contributed by atoms with E-state index in [1.54, 1.807) is 12.1 Å². The Morgan fingerprint density at radius 2 is 2.00 bits per heavy atom. The van der Waals surface area contributed by atoms with E-state index in [0.717, 1.165) is 16.5 Å². The van der Waals surface area contributed by atoms with Gasteiger partial charge in [-0.05, 0) is 42.2 Å². The summed E-state index contributed by atoms with van der Waals surface area (Å²) in [5.74, 6) is -0.121. The fourth-order valence-electron chi connectivity index (χ4n) is 2.83. The lowest BCUT2D eigenvalue weighted by Crippen LogP contribution is -2.28. The van der Waals surface area contributed by atoms with Crippen molar-refractivity contribution in [2.24, 2.45) is 0 Å². The van der Waals surface area contributed by atoms with Crippen LogP contribution in [0.5, 0.6) is 0 Å². The van der Waals surface area contributed by atoms with Crippen molar-refractivity contribution in [2.75, 3.05) is 6.54 Å². The molecule has 0 aliphatic carbocycles. The van der Waals surface area contributed by atoms with Gasteiger partial charge >= 0.3 is 0 Å². The molecule has 25 heavy (non-hydrogen) atoms. The van der Waals surface area contributed by atoms with Crippen LogP contribution in [-0.2, 0) is 11.3 Å². The molecule has 1 unspecified atom stereocenters. The number of rotatable bonds is 6. The highest BCUT2D eigenvalue weighted by atomic mass is 19.1. The molecule has 1 amide bonds. The second-order valence-electron chi connectivity index (χ2n) is 6.44. The Morgan fingerprint density at radius 1 is 1.24 bits per heavy atom. The molecule has 2 aromatic carbocycles. The molecule has 0 aliphatic rings. The molecule has 0 saturated heterocycles. The Labute approximate surface area is 146 Å². The molecular weight excluding hydrogens is 317 g/mol. The molecular formula is C20H22FN3O. The van der Waals surface area contributed by atoms with Gasteiger partial charge in [-0.15, -0.1) is 0 Å². The second-order valence-corrected chi connectivity index (χ2v) is 6.44. The minimum absolute atomic E-state index is 0.00901. The normalized spacial score (nSPS) is 12.3. The lowest BCUT2D eigenvalue weighted by Gasteiger charge is -2.13. The van der Waals surface area contributed by atoms with Crippen molar-refractivity contribution in [1.82, 2.24) is 15.1 Å². The van der Waals surface area contributed by atoms with Crippen molar-refractivity contribution in [1.29, 1.82) is 0 Å². The lowest BCUT2D eigenvalue weighted by atomic mass is 10.0. The SMILES string of the molecule is Cc1ccc2cnn(CCC(=O)NCC(C)c3ccc(F)cc3)c2c1. The number of hydrogen-bond donors (Lipinski definition) is 1. The van der Waals surface area contributed by atoms with Crippen LogP contribution in [-0.4, -0.2) is 22.2 Å². The molecule has 0 bridgehead atoms. The maximum atomic E-state index is 13.0. The van der Waals surface area contributed by atoms with Gasteiger partial charge in [0, 0.05) is 18.4 Å². The zero-order chi connectivity index (χ0) is 17.8. The molecule has 130 valence electrons. The number of aromatic nitrogens is 2. The van der Waals surface area contributed by atoms with Gasteiger partial charge in [-0.25, -0.2) is 4.39 Å². The first-order valence-corrected chi connectivity index (χ1v) is 8.47. The standard InChI is InChI=1S/C20H22FN3O/c1-14-3-4-17-13-23-24(19(17)11-14)10-9-20(25)22-12-15(2)16-5-7-18(21)8-6-16/h3-8,11,13,15H,9-10,12H2,1-2H3,(H,22,25). The molecule has 0 saturated carbocycles. The summed E-state index contributed by atoms with van der Waals surface area (Å²) in [6, 6.07) is 12.6. The Kier molecular flexibility index (Phi) is 5.12. The van der Waals surface area contributed by atoms with Crippen LogP contribution in [0.15, 0.2) is 48.7 Å². The molecule has 0 spiro atoms. The average Bonchev–Trinajstić information content (AvgIpc) is 3.00. The average molecular weight is 339 g/mol. The van der Waals surface area contributed by atoms with Gasteiger partial charge in [0.25, 0.3) is 0 Å². The number of halogens is 1. The number of benzene rings is 2. The number of amides is 1. The third kappa shape index (κ3) is 4.24. The summed E-state index contributed by atoms with van der Waals surface area (Å²) in [7, 11) is 0. The Morgan fingerprint density at radius 3 is 2.76 bits per heavy atom. The van der Waals surface area contributed by atoms with E-state index in [4.69, 9.17) is 0 Å². The number of nitrogens with zero attached hydrogens (tertiary/aromatic N) is 2. The fraction of sp³-hybridized carbons (Fsp3) is 0.300. The third-order valence-electron chi connectivity index (χ3n) is 4.40. The Balaban J connectivity index is 1.52. The van der Waals surface area contributed by atoms with Crippen LogP contribution in [0.3, 0.4) is 0 Å². The first-order chi connectivity index (χ1) is 12.0. The Bertz CT molecular complexity index is 870. The molecule has 3 rings (SSSR count). The van der Waals surface area contributed by atoms with Crippen LogP contribution in [0.2, 0.25) is 0 Å². The predicted molar refractivity (Wildman–Crippen MR) is 96.9 cm³/mol. The minimum atomic E-state index is -0.248. The van der Waals surface area contributed by atoms with E-state index in [1.807, 2.05) is 30.8 Å². The van der Waals surface area contributed by atoms with Crippen molar-refractivity contribution in [3.8, 4) is 0 Å². The lowest BCUT2D eigenvalue weighted by molar-refractivity contribution is -0.121. The fourth-order valence-corrected chi connectivity index (χ4v) is 2.83. The molecule has 3 aromatic rings. The van der Waals surface area contributed by atoms with Gasteiger partial charge in [0.2, 0.25) is 5.91 Å². The monoisotopic (exact) mass is 339 g/mol. The van der Waals surface area contributed by atoms with Gasteiger partial charge in [-0.3, -0.25) is 9.48 Å². The summed E-state index contributed by atoms with van der Waals surface area (Å²) in [6.07, 6.45) is 2.20. The molecule has 1 aromatic heterocycles. The summed E-state index contributed by atoms with van der Waals surface area (Å²) in [5, 5.41) is 8.38. The van der Waals surface area contributed by atoms with Crippen LogP contribution in [0.1, 0.15) is 30.4 Å². The van der Waals surface area contributed by atoms with E-state index in [2.05, 4.69) is 22.5 Å². The number of hydrogen-bond acceptors (Lipinski definition) is 2. The second kappa shape index (κ2) is 7.47. The quantitative estimate of drug-likeness (QED) is 0.743. The van der Waals surface area contributed by atoms with E-state index in [9.17, 15) is 9.18 Å². The van der Waals surface area contributed by atoms with Gasteiger partial charge in [0.15, 0.2) is 0 Å². The van der Waals surface area contributed by atoms with E-state index in [-0.39, 0.29) is 17.6 Å². The topological polar surface area (TPSA) is 46.9 Å². The van der Waals surface area contributed by atoms with Crippen molar-refractivity contribution in [3.63, 3.8) is 0 Å². The first kappa shape index (κ1) is 17.1. The van der Waals surface area contributed by atoms with E-state index < -0.39 is 0 Å². The van der Waals surface area contributed by atoms with E-state index in [0.29, 0.717) is 19.5 Å². The van der Waals surface area contributed by atoms with Crippen molar-refractivity contribution < 1.29 is 9.18 Å². The number of fused-ring (bicyclic) bond motifs is 1. The zero-order valence-corrected chi connectivity index (χ0v) is 14.5. The van der Waals surface area contributed by atoms with E-state index >= 15 is 0 Å². The predicted octanol–water partition coefficient (Wildman–Crippen LogP) is 3.79. The molecule has 0 fully saturated rings. The molecule has 4 nitrogen and oxygen atoms in total. The Hall–Kier alpha value is -2.69. The number of nitrogens with one attached hydrogen (secondary N) is 1. The highest BCUT2D eigenvalue weighted by Crippen LogP contribution is 2.16. The van der Waals surface area contributed by atoms with Crippen molar-refractivity contribution in [2.45, 2.75) is 32.7 Å². The number of carbonyl (C=O) groups is 1. The number of aryl methyl sites for hydroxylation is 2. The summed E-state index contributed by atoms with van der Waals surface area (Å²) in [6.45, 7) is 5.13. The van der Waals surface area contributed by atoms with Gasteiger partial charge in [-0.2, -0.15) is 5.10 Å². The highest BCUT2D eigenvalue weighted by Gasteiger charge is 2.09. The van der Waals surface area contributed by atoms with Gasteiger partial charge < -0.3 is 5.32 Å². The van der Waals surface area contributed by atoms with Crippen LogP contribution in [0.4, 0.5) is 4.39 Å². The summed E-state index contributed by atoms with van der Waals surface area (Å²) in [4.78, 5) is 12.1. The van der Waals surface area contributed by atoms with Crippen molar-refractivity contribution >= 4 is 16.8 Å². The van der Waals surface area contributed by atoms with Crippen LogP contribution in [0.25, 0.3) is 10.9 Å². The van der Waals surface area contributed by atoms with Gasteiger partial charge in [0.1, 0.15) is 5.82 Å². The maximum Gasteiger partial charge on any atom is 0.221 e. The third-order valence-corrected chi connectivity index (χ3v) is 4.40. The van der Waals surface area contributed by atoms with Crippen LogP contribution >= 0.6 is 0 Å². The molecule has 0 radical (unpaired) electrons. The largest absolute Gasteiger partial charge is 0.355 e. The molecule has 1 heterocycles. The molecule has 1 N–H and O–H groups in total. The molecule has 0 aliphatic heterocycles. The number of carbonyl (C=O) groups excluding carboxylic acids is 1. The van der Waals surface area contributed by atoms with Crippen LogP contribution < -0.4 is 5.32 Å². The van der Waals surface area contributed by atoms with E-state index in [1.165, 1.54) is 17.7 Å². The van der Waals surface area contributed by atoms with Gasteiger partial charge in [-0.1, -0.05) is 31.2 Å². The minimum Gasteiger partial charge on any atom is -0.355 e. The van der Waals surface area contributed by atoms with Gasteiger partial charge in [0.05, 0.1) is 18.3 Å². The maximum absolute atomic E-state index is 13.0. The highest BCUT2D eigenvalue weighted by molar-refractivity contribution is 5.80. The summed E-state index contributed by atoms with van der Waals surface area (Å²) < 4.78 is 14.8. The smallest absolute Gasteiger partial charge is 0.221 e. The van der Waals surface area contributed by atoms with Crippen LogP contribution in [0, 0.1) is 12.7 Å². The zero-order valence-electron chi connectivity index (χ0n) is 14.5. The molecule has 1 atom stereocenters. The molecule has 5 heteroatoms. The van der Waals surface area contributed by atoms with Crippen molar-refractivity contribution in [3.05, 3.63) is 65.6 Å². The first-order valence-electron chi connectivity index (χ1n) is 8.47.